The smallest absolute Gasteiger partial charge is 0.159 e. The number of carbonyl (C=O) groups is 1. The summed E-state index contributed by atoms with van der Waals surface area (Å²) in [5.74, 6) is 0.684. The highest BCUT2D eigenvalue weighted by Gasteiger charge is 2.16. The Morgan fingerprint density at radius 3 is 2.23 bits per heavy atom. The first-order valence-corrected chi connectivity index (χ1v) is 8.65. The van der Waals surface area contributed by atoms with Gasteiger partial charge in [0.15, 0.2) is 5.78 Å². The van der Waals surface area contributed by atoms with Gasteiger partial charge in [-0.25, -0.2) is 0 Å². The maximum atomic E-state index is 11.3. The number of nitrogens with zero attached hydrogens (tertiary/aromatic N) is 1. The van der Waals surface area contributed by atoms with Gasteiger partial charge in [-0.1, -0.05) is 30.3 Å². The van der Waals surface area contributed by atoms with Gasteiger partial charge in [0.1, 0.15) is 18.5 Å². The molecule has 5 heteroatoms. The van der Waals surface area contributed by atoms with Crippen molar-refractivity contribution in [1.82, 2.24) is 4.90 Å². The van der Waals surface area contributed by atoms with Crippen molar-refractivity contribution in [3.8, 4) is 5.75 Å². The van der Waals surface area contributed by atoms with E-state index in [0.717, 1.165) is 6.54 Å². The maximum absolute atomic E-state index is 11.3. The summed E-state index contributed by atoms with van der Waals surface area (Å²) in [6.45, 7) is 7.33. The molecular weight excluding hydrogens is 350 g/mol. The van der Waals surface area contributed by atoms with Crippen molar-refractivity contribution in [2.24, 2.45) is 0 Å². The second kappa shape index (κ2) is 11.0. The summed E-state index contributed by atoms with van der Waals surface area (Å²) >= 11 is 0. The van der Waals surface area contributed by atoms with E-state index in [0.29, 0.717) is 23.9 Å². The summed E-state index contributed by atoms with van der Waals surface area (Å²) in [6.07, 6.45) is -0.585. The predicted octanol–water partition coefficient (Wildman–Crippen LogP) is 3.96. The van der Waals surface area contributed by atoms with Crippen LogP contribution in [0.1, 0.15) is 36.7 Å². The molecule has 26 heavy (non-hydrogen) atoms. The number of hydrogen-bond acceptors (Lipinski definition) is 4. The fraction of sp³-hybridized carbons (Fsp3) is 0.381. The van der Waals surface area contributed by atoms with Crippen LogP contribution in [0.2, 0.25) is 0 Å². The first-order chi connectivity index (χ1) is 12.0. The molecular formula is C21H28ClNO3. The fourth-order valence-corrected chi connectivity index (χ4v) is 2.58. The Morgan fingerprint density at radius 1 is 1.08 bits per heavy atom. The van der Waals surface area contributed by atoms with Crippen molar-refractivity contribution in [2.45, 2.75) is 39.5 Å². The molecule has 2 rings (SSSR count). The van der Waals surface area contributed by atoms with Gasteiger partial charge in [-0.15, -0.1) is 12.4 Å². The van der Waals surface area contributed by atoms with Crippen LogP contribution in [0.4, 0.5) is 0 Å². The Hall–Kier alpha value is -1.88. The van der Waals surface area contributed by atoms with E-state index in [2.05, 4.69) is 30.9 Å². The van der Waals surface area contributed by atoms with E-state index >= 15 is 0 Å². The first kappa shape index (κ1) is 22.2. The summed E-state index contributed by atoms with van der Waals surface area (Å²) in [7, 11) is 0. The van der Waals surface area contributed by atoms with Gasteiger partial charge in [0, 0.05) is 24.7 Å². The molecule has 1 unspecified atom stereocenters. The zero-order chi connectivity index (χ0) is 18.2. The van der Waals surface area contributed by atoms with Crippen LogP contribution in [0.25, 0.3) is 0 Å². The molecule has 0 aromatic heterocycles. The summed E-state index contributed by atoms with van der Waals surface area (Å²) in [5.41, 5.74) is 1.88. The molecule has 0 aliphatic heterocycles. The Kier molecular flexibility index (Phi) is 9.35. The van der Waals surface area contributed by atoms with Crippen molar-refractivity contribution in [3.05, 3.63) is 65.7 Å². The predicted molar refractivity (Wildman–Crippen MR) is 107 cm³/mol. The average molecular weight is 378 g/mol. The fourth-order valence-electron chi connectivity index (χ4n) is 2.58. The van der Waals surface area contributed by atoms with Crippen LogP contribution in [0, 0.1) is 0 Å². The second-order valence-corrected chi connectivity index (χ2v) is 6.55. The monoisotopic (exact) mass is 377 g/mol. The van der Waals surface area contributed by atoms with Crippen molar-refractivity contribution in [1.29, 1.82) is 0 Å². The Bertz CT molecular complexity index is 659. The lowest BCUT2D eigenvalue weighted by Crippen LogP contribution is -2.39. The number of carbonyl (C=O) groups excluding carboxylic acids is 1. The standard InChI is InChI=1S/C21H27NO3.ClH/c1-16(2)22(13-18-7-5-4-6-8-18)14-20(24)15-25-21-11-9-19(10-12-21)17(3)23;/h4-12,16,20,24H,13-15H2,1-3H3;1H. The van der Waals surface area contributed by atoms with Crippen LogP contribution in [-0.4, -0.2) is 41.1 Å². The molecule has 0 aliphatic carbocycles. The molecule has 0 bridgehead atoms. The minimum absolute atomic E-state index is 0. The highest BCUT2D eigenvalue weighted by molar-refractivity contribution is 5.94. The lowest BCUT2D eigenvalue weighted by Gasteiger charge is -2.28. The highest BCUT2D eigenvalue weighted by atomic mass is 35.5. The molecule has 0 radical (unpaired) electrons. The van der Waals surface area contributed by atoms with E-state index in [4.69, 9.17) is 4.74 Å². The number of aliphatic hydroxyl groups is 1. The molecule has 4 nitrogen and oxygen atoms in total. The highest BCUT2D eigenvalue weighted by Crippen LogP contribution is 2.14. The molecule has 0 fully saturated rings. The van der Waals surface area contributed by atoms with E-state index < -0.39 is 6.10 Å². The Labute approximate surface area is 162 Å². The third-order valence-corrected chi connectivity index (χ3v) is 4.11. The lowest BCUT2D eigenvalue weighted by atomic mass is 10.1. The summed E-state index contributed by atoms with van der Waals surface area (Å²) in [4.78, 5) is 13.5. The van der Waals surface area contributed by atoms with Crippen molar-refractivity contribution < 1.29 is 14.6 Å². The first-order valence-electron chi connectivity index (χ1n) is 8.65. The topological polar surface area (TPSA) is 49.8 Å². The van der Waals surface area contributed by atoms with Gasteiger partial charge < -0.3 is 9.84 Å². The van der Waals surface area contributed by atoms with Gasteiger partial charge in [0.05, 0.1) is 0 Å². The van der Waals surface area contributed by atoms with Crippen molar-refractivity contribution >= 4 is 18.2 Å². The van der Waals surface area contributed by atoms with Gasteiger partial charge in [-0.2, -0.15) is 0 Å². The normalized spacial score (nSPS) is 11.9. The zero-order valence-electron chi connectivity index (χ0n) is 15.6. The number of aliphatic hydroxyl groups excluding tert-OH is 1. The van der Waals surface area contributed by atoms with Gasteiger partial charge in [-0.3, -0.25) is 9.69 Å². The molecule has 142 valence electrons. The van der Waals surface area contributed by atoms with Crippen molar-refractivity contribution in [2.75, 3.05) is 13.2 Å². The largest absolute Gasteiger partial charge is 0.491 e. The number of rotatable bonds is 9. The molecule has 1 atom stereocenters. The van der Waals surface area contributed by atoms with E-state index in [1.54, 1.807) is 24.3 Å². The summed E-state index contributed by atoms with van der Waals surface area (Å²) in [5, 5.41) is 10.3. The van der Waals surface area contributed by atoms with E-state index in [1.807, 2.05) is 18.2 Å². The van der Waals surface area contributed by atoms with Crippen LogP contribution < -0.4 is 4.74 Å². The van der Waals surface area contributed by atoms with Crippen LogP contribution >= 0.6 is 12.4 Å². The van der Waals surface area contributed by atoms with Gasteiger partial charge in [-0.05, 0) is 50.6 Å². The Morgan fingerprint density at radius 2 is 1.69 bits per heavy atom. The third kappa shape index (κ3) is 7.16. The zero-order valence-corrected chi connectivity index (χ0v) is 16.4. The number of ether oxygens (including phenoxy) is 1. The van der Waals surface area contributed by atoms with Crippen LogP contribution in [0.15, 0.2) is 54.6 Å². The average Bonchev–Trinajstić information content (AvgIpc) is 2.60. The van der Waals surface area contributed by atoms with E-state index in [1.165, 1.54) is 12.5 Å². The molecule has 0 spiro atoms. The molecule has 0 aliphatic rings. The quantitative estimate of drug-likeness (QED) is 0.672. The minimum Gasteiger partial charge on any atom is -0.491 e. The second-order valence-electron chi connectivity index (χ2n) is 6.55. The summed E-state index contributed by atoms with van der Waals surface area (Å²) < 4.78 is 5.65. The summed E-state index contributed by atoms with van der Waals surface area (Å²) in [6, 6.07) is 17.6. The number of ketones is 1. The number of benzene rings is 2. The van der Waals surface area contributed by atoms with Gasteiger partial charge in [0.2, 0.25) is 0 Å². The third-order valence-electron chi connectivity index (χ3n) is 4.11. The van der Waals surface area contributed by atoms with Crippen molar-refractivity contribution in [3.63, 3.8) is 0 Å². The molecule has 2 aromatic rings. The molecule has 1 N–H and O–H groups in total. The maximum Gasteiger partial charge on any atom is 0.159 e. The molecule has 2 aromatic carbocycles. The molecule has 0 amide bonds. The number of halogens is 1. The Balaban J connectivity index is 0.00000338. The lowest BCUT2D eigenvalue weighted by molar-refractivity contribution is 0.0543. The van der Waals surface area contributed by atoms with Crippen LogP contribution in [0.3, 0.4) is 0 Å². The number of Topliss-reactive ketones (excluding diaryl/α,β-unsaturated/α-hetero) is 1. The molecule has 0 saturated heterocycles. The minimum atomic E-state index is -0.585. The van der Waals surface area contributed by atoms with Crippen LogP contribution in [-0.2, 0) is 6.54 Å². The SMILES string of the molecule is CC(=O)c1ccc(OCC(O)CN(Cc2ccccc2)C(C)C)cc1.Cl. The van der Waals surface area contributed by atoms with Gasteiger partial charge >= 0.3 is 0 Å². The molecule has 0 saturated carbocycles. The van der Waals surface area contributed by atoms with E-state index in [9.17, 15) is 9.90 Å². The van der Waals surface area contributed by atoms with Crippen LogP contribution in [0.5, 0.6) is 5.75 Å². The molecule has 0 heterocycles. The van der Waals surface area contributed by atoms with Gasteiger partial charge in [0.25, 0.3) is 0 Å². The number of hydrogen-bond donors (Lipinski definition) is 1. The van der Waals surface area contributed by atoms with E-state index in [-0.39, 0.29) is 24.8 Å².